The Balaban J connectivity index is 4.58. The van der Waals surface area contributed by atoms with Crippen LogP contribution in [0.1, 0.15) is 46.5 Å². The molecule has 0 aromatic heterocycles. The van der Waals surface area contributed by atoms with Crippen molar-refractivity contribution in [3.8, 4) is 0 Å². The van der Waals surface area contributed by atoms with Crippen LogP contribution in [0.4, 0.5) is 0 Å². The predicted octanol–water partition coefficient (Wildman–Crippen LogP) is 1.73. The van der Waals surface area contributed by atoms with Crippen LogP contribution >= 0.6 is 15.9 Å². The summed E-state index contributed by atoms with van der Waals surface area (Å²) < 4.78 is 20.7. The topological polar surface area (TPSA) is 142 Å². The summed E-state index contributed by atoms with van der Waals surface area (Å²) in [6.45, 7) is 4.64. The highest BCUT2D eigenvalue weighted by Gasteiger charge is 2.36. The maximum absolute atomic E-state index is 12.5. The molecule has 0 spiro atoms. The minimum absolute atomic E-state index is 0.0159. The monoisotopic (exact) mass is 568 g/mol. The van der Waals surface area contributed by atoms with Gasteiger partial charge in [-0.1, -0.05) is 15.9 Å². The first-order valence-corrected chi connectivity index (χ1v) is 12.1. The number of rotatable bonds is 17. The number of ether oxygens (including phenoxy) is 4. The molecule has 0 heterocycles. The van der Waals surface area contributed by atoms with Gasteiger partial charge in [0.2, 0.25) is 0 Å². The second-order valence-electron chi connectivity index (χ2n) is 9.95. The van der Waals surface area contributed by atoms with Crippen molar-refractivity contribution in [2.24, 2.45) is 5.41 Å². The van der Waals surface area contributed by atoms with E-state index in [0.717, 1.165) is 0 Å². The average molecular weight is 569 g/mol. The fourth-order valence-electron chi connectivity index (χ4n) is 2.87. The number of aliphatic carboxylic acids is 1. The quantitative estimate of drug-likeness (QED) is 0.0905. The fraction of sp³-hybridized carbons (Fsp3) is 0.783. The summed E-state index contributed by atoms with van der Waals surface area (Å²) in [6, 6.07) is 0. The van der Waals surface area contributed by atoms with Crippen LogP contribution in [0.2, 0.25) is 0 Å². The summed E-state index contributed by atoms with van der Waals surface area (Å²) >= 11 is 3.24. The maximum Gasteiger partial charge on any atom is 0.335 e. The molecule has 1 N–H and O–H groups in total. The third kappa shape index (κ3) is 14.8. The van der Waals surface area contributed by atoms with E-state index in [4.69, 9.17) is 24.1 Å². The Morgan fingerprint density at radius 3 is 2.14 bits per heavy atom. The molecule has 3 atom stereocenters. The molecule has 0 rings (SSSR count). The lowest BCUT2D eigenvalue weighted by atomic mass is 9.88. The highest BCUT2D eigenvalue weighted by molar-refractivity contribution is 9.10. The standard InChI is InChI=1S/C23H38BrNO10/c1-15(32-7)20(29)34-14-16(26)9-8-10-33-22(31)23(2,3)12-18(24)21(30)35-17(11-19(27)28)13-25(4,5)6/h15,17-18H,8-14H2,1-7H3/p+1. The summed E-state index contributed by atoms with van der Waals surface area (Å²) in [7, 11) is 6.92. The van der Waals surface area contributed by atoms with Gasteiger partial charge < -0.3 is 28.5 Å². The Labute approximate surface area is 215 Å². The molecule has 0 aromatic rings. The van der Waals surface area contributed by atoms with Gasteiger partial charge in [0, 0.05) is 13.5 Å². The van der Waals surface area contributed by atoms with Crippen LogP contribution in [-0.4, -0.2) is 104 Å². The molecule has 0 radical (unpaired) electrons. The van der Waals surface area contributed by atoms with E-state index in [2.05, 4.69) is 15.9 Å². The lowest BCUT2D eigenvalue weighted by molar-refractivity contribution is -0.873. The van der Waals surface area contributed by atoms with Crippen molar-refractivity contribution in [1.29, 1.82) is 0 Å². The number of esters is 3. The van der Waals surface area contributed by atoms with Gasteiger partial charge in [0.25, 0.3) is 0 Å². The highest BCUT2D eigenvalue weighted by atomic mass is 79.9. The molecule has 0 bridgehead atoms. The molecule has 35 heavy (non-hydrogen) atoms. The molecule has 0 fully saturated rings. The molecule has 12 heteroatoms. The summed E-state index contributed by atoms with van der Waals surface area (Å²) in [5.74, 6) is -3.24. The van der Waals surface area contributed by atoms with E-state index in [9.17, 15) is 24.0 Å². The highest BCUT2D eigenvalue weighted by Crippen LogP contribution is 2.28. The molecular weight excluding hydrogens is 530 g/mol. The van der Waals surface area contributed by atoms with Gasteiger partial charge in [-0.25, -0.2) is 4.79 Å². The van der Waals surface area contributed by atoms with Crippen LogP contribution < -0.4 is 0 Å². The molecule has 3 unspecified atom stereocenters. The lowest BCUT2D eigenvalue weighted by Crippen LogP contribution is -2.44. The Kier molecular flexibility index (Phi) is 14.3. The molecule has 0 saturated carbocycles. The van der Waals surface area contributed by atoms with Gasteiger partial charge in [-0.15, -0.1) is 0 Å². The van der Waals surface area contributed by atoms with Gasteiger partial charge in [0.05, 0.1) is 39.6 Å². The van der Waals surface area contributed by atoms with Crippen molar-refractivity contribution in [3.05, 3.63) is 0 Å². The predicted molar refractivity (Wildman–Crippen MR) is 129 cm³/mol. The molecule has 11 nitrogen and oxygen atoms in total. The molecule has 0 aliphatic heterocycles. The van der Waals surface area contributed by atoms with Gasteiger partial charge in [0.1, 0.15) is 18.0 Å². The number of carbonyl (C=O) groups excluding carboxylic acids is 4. The third-order valence-electron chi connectivity index (χ3n) is 4.83. The zero-order valence-corrected chi connectivity index (χ0v) is 23.2. The summed E-state index contributed by atoms with van der Waals surface area (Å²) in [5.41, 5.74) is -1.05. The lowest BCUT2D eigenvalue weighted by Gasteiger charge is -2.29. The number of carbonyl (C=O) groups is 5. The molecule has 0 aliphatic carbocycles. The number of hydrogen-bond donors (Lipinski definition) is 1. The van der Waals surface area contributed by atoms with Crippen LogP contribution in [0.3, 0.4) is 0 Å². The Morgan fingerprint density at radius 1 is 1.03 bits per heavy atom. The van der Waals surface area contributed by atoms with Gasteiger partial charge >= 0.3 is 23.9 Å². The number of carboxylic acids is 1. The number of ketones is 1. The first-order chi connectivity index (χ1) is 16.0. The smallest absolute Gasteiger partial charge is 0.335 e. The van der Waals surface area contributed by atoms with Gasteiger partial charge in [-0.2, -0.15) is 0 Å². The minimum Gasteiger partial charge on any atom is -0.481 e. The molecular formula is C23H39BrNO10+. The van der Waals surface area contributed by atoms with Crippen molar-refractivity contribution in [3.63, 3.8) is 0 Å². The number of methoxy groups -OCH3 is 1. The Bertz CT molecular complexity index is 747. The SMILES string of the molecule is COC(C)C(=O)OCC(=O)CCCOC(=O)C(C)(C)CC(Br)C(=O)OC(CC(=O)O)C[N+](C)(C)C. The van der Waals surface area contributed by atoms with Crippen LogP contribution in [0, 0.1) is 5.41 Å². The van der Waals surface area contributed by atoms with Crippen molar-refractivity contribution >= 4 is 45.6 Å². The van der Waals surface area contributed by atoms with E-state index >= 15 is 0 Å². The molecule has 0 amide bonds. The number of halogens is 1. The Hall–Kier alpha value is -2.05. The number of alkyl halides is 1. The summed E-state index contributed by atoms with van der Waals surface area (Å²) in [4.78, 5) is 58.6. The largest absolute Gasteiger partial charge is 0.481 e. The van der Waals surface area contributed by atoms with Crippen LogP contribution in [-0.2, 0) is 42.9 Å². The third-order valence-corrected chi connectivity index (χ3v) is 5.53. The van der Waals surface area contributed by atoms with E-state index in [0.29, 0.717) is 11.0 Å². The van der Waals surface area contributed by atoms with Crippen molar-refractivity contribution < 1.29 is 52.5 Å². The summed E-state index contributed by atoms with van der Waals surface area (Å²) in [6.07, 6.45) is -1.53. The van der Waals surface area contributed by atoms with Crippen LogP contribution in [0.5, 0.6) is 0 Å². The number of hydrogen-bond acceptors (Lipinski definition) is 9. The molecule has 0 saturated heterocycles. The van der Waals surface area contributed by atoms with Crippen molar-refractivity contribution in [2.45, 2.75) is 63.5 Å². The first-order valence-electron chi connectivity index (χ1n) is 11.2. The number of nitrogens with zero attached hydrogens (tertiary/aromatic N) is 1. The van der Waals surface area contributed by atoms with E-state index < -0.39 is 46.3 Å². The van der Waals surface area contributed by atoms with E-state index in [-0.39, 0.29) is 44.7 Å². The van der Waals surface area contributed by atoms with Crippen LogP contribution in [0.25, 0.3) is 0 Å². The molecule has 0 aromatic carbocycles. The van der Waals surface area contributed by atoms with Crippen molar-refractivity contribution in [1.82, 2.24) is 0 Å². The summed E-state index contributed by atoms with van der Waals surface area (Å²) in [5, 5.41) is 9.10. The van der Waals surface area contributed by atoms with Crippen molar-refractivity contribution in [2.75, 3.05) is 48.0 Å². The average Bonchev–Trinajstić information content (AvgIpc) is 2.71. The first kappa shape index (κ1) is 33.0. The fourth-order valence-corrected chi connectivity index (χ4v) is 3.79. The van der Waals surface area contributed by atoms with Crippen LogP contribution in [0.15, 0.2) is 0 Å². The number of carboxylic acid groups (broad SMARTS) is 1. The Morgan fingerprint density at radius 2 is 1.63 bits per heavy atom. The second-order valence-corrected chi connectivity index (χ2v) is 11.1. The van der Waals surface area contributed by atoms with E-state index in [1.165, 1.54) is 14.0 Å². The second kappa shape index (κ2) is 15.1. The minimum atomic E-state index is -1.08. The molecule has 202 valence electrons. The van der Waals surface area contributed by atoms with E-state index in [1.807, 2.05) is 21.1 Å². The maximum atomic E-state index is 12.5. The molecule has 0 aliphatic rings. The van der Waals surface area contributed by atoms with Gasteiger partial charge in [-0.3, -0.25) is 19.2 Å². The number of quaternary nitrogens is 1. The zero-order chi connectivity index (χ0) is 27.4. The number of Topliss-reactive ketones (excluding diaryl/α,β-unsaturated/α-hetero) is 1. The zero-order valence-electron chi connectivity index (χ0n) is 21.6. The normalized spacial score (nSPS) is 14.4. The van der Waals surface area contributed by atoms with Gasteiger partial charge in [0.15, 0.2) is 18.0 Å². The van der Waals surface area contributed by atoms with Gasteiger partial charge in [-0.05, 0) is 33.6 Å². The number of likely N-dealkylation sites (N-methyl/N-ethyl adjacent to an activating group) is 1. The van der Waals surface area contributed by atoms with E-state index in [1.54, 1.807) is 13.8 Å².